The quantitative estimate of drug-likeness (QED) is 0.634. The molecule has 1 saturated carbocycles. The lowest BCUT2D eigenvalue weighted by Crippen LogP contribution is -2.17. The molecule has 0 aliphatic heterocycles. The van der Waals surface area contributed by atoms with E-state index in [1.54, 1.807) is 6.07 Å². The Balaban J connectivity index is 2.07. The van der Waals surface area contributed by atoms with Gasteiger partial charge in [0.2, 0.25) is 0 Å². The summed E-state index contributed by atoms with van der Waals surface area (Å²) < 4.78 is 0. The molecule has 1 aromatic rings. The molecule has 0 radical (unpaired) electrons. The van der Waals surface area contributed by atoms with Gasteiger partial charge < -0.3 is 11.1 Å². The molecule has 1 unspecified atom stereocenters. The molecule has 1 fully saturated rings. The molecule has 1 atom stereocenters. The molecule has 1 aromatic carbocycles. The van der Waals surface area contributed by atoms with Gasteiger partial charge in [-0.25, -0.2) is 0 Å². The van der Waals surface area contributed by atoms with Crippen molar-refractivity contribution in [3.63, 3.8) is 0 Å². The average Bonchev–Trinajstić information content (AvgIpc) is 2.57. The number of carbonyl (C=O) groups excluding carboxylic acids is 1. The first kappa shape index (κ1) is 12.9. The van der Waals surface area contributed by atoms with Gasteiger partial charge in [-0.05, 0) is 49.8 Å². The van der Waals surface area contributed by atoms with Crippen molar-refractivity contribution in [3.8, 4) is 0 Å². The summed E-state index contributed by atoms with van der Waals surface area (Å²) in [6.45, 7) is 6.15. The molecule has 2 rings (SSSR count). The summed E-state index contributed by atoms with van der Waals surface area (Å²) >= 11 is 0. The first-order valence-corrected chi connectivity index (χ1v) is 6.54. The minimum atomic E-state index is 0.0149. The van der Waals surface area contributed by atoms with E-state index in [4.69, 9.17) is 5.73 Å². The maximum Gasteiger partial charge on any atom is 0.161 e. The predicted molar refractivity (Wildman–Crippen MR) is 75.9 cm³/mol. The Bertz CT molecular complexity index is 466. The fraction of sp³-hybridized carbons (Fsp3) is 0.533. The van der Waals surface area contributed by atoms with Crippen molar-refractivity contribution in [2.75, 3.05) is 11.1 Å². The second kappa shape index (κ2) is 4.63. The summed E-state index contributed by atoms with van der Waals surface area (Å²) in [6, 6.07) is 6.13. The molecular weight excluding hydrogens is 224 g/mol. The molecule has 98 valence electrons. The molecule has 0 saturated heterocycles. The normalized spacial score (nSPS) is 21.8. The zero-order valence-electron chi connectivity index (χ0n) is 11.4. The second-order valence-electron chi connectivity index (χ2n) is 6.11. The molecule has 0 heterocycles. The van der Waals surface area contributed by atoms with Crippen LogP contribution in [0.5, 0.6) is 0 Å². The van der Waals surface area contributed by atoms with Gasteiger partial charge in [-0.3, -0.25) is 4.79 Å². The van der Waals surface area contributed by atoms with Gasteiger partial charge in [0.15, 0.2) is 5.78 Å². The number of Topliss-reactive ketones (excluding diaryl/α,β-unsaturated/α-hetero) is 1. The van der Waals surface area contributed by atoms with E-state index in [0.717, 1.165) is 5.69 Å². The van der Waals surface area contributed by atoms with Crippen molar-refractivity contribution in [1.82, 2.24) is 0 Å². The molecule has 0 spiro atoms. The van der Waals surface area contributed by atoms with Crippen molar-refractivity contribution in [1.29, 1.82) is 0 Å². The monoisotopic (exact) mass is 246 g/mol. The van der Waals surface area contributed by atoms with Gasteiger partial charge in [-0.1, -0.05) is 13.8 Å². The summed E-state index contributed by atoms with van der Waals surface area (Å²) in [4.78, 5) is 11.3. The van der Waals surface area contributed by atoms with Gasteiger partial charge in [0.05, 0.1) is 0 Å². The molecule has 18 heavy (non-hydrogen) atoms. The summed E-state index contributed by atoms with van der Waals surface area (Å²) in [5, 5.41) is 3.51. The highest BCUT2D eigenvalue weighted by atomic mass is 16.1. The topological polar surface area (TPSA) is 55.1 Å². The third-order valence-electron chi connectivity index (χ3n) is 3.77. The van der Waals surface area contributed by atoms with Gasteiger partial charge in [-0.2, -0.15) is 0 Å². The van der Waals surface area contributed by atoms with E-state index >= 15 is 0 Å². The van der Waals surface area contributed by atoms with Crippen LogP contribution >= 0.6 is 0 Å². The number of carbonyl (C=O) groups is 1. The third-order valence-corrected chi connectivity index (χ3v) is 3.77. The maximum absolute atomic E-state index is 11.3. The van der Waals surface area contributed by atoms with Crippen LogP contribution < -0.4 is 11.1 Å². The number of benzene rings is 1. The number of hydrogen-bond acceptors (Lipinski definition) is 3. The minimum Gasteiger partial charge on any atom is -0.398 e. The molecule has 0 bridgehead atoms. The Morgan fingerprint density at radius 3 is 2.67 bits per heavy atom. The Morgan fingerprint density at radius 2 is 2.17 bits per heavy atom. The fourth-order valence-corrected chi connectivity index (χ4v) is 2.77. The van der Waals surface area contributed by atoms with E-state index in [1.165, 1.54) is 26.2 Å². The van der Waals surface area contributed by atoms with E-state index < -0.39 is 0 Å². The molecule has 3 N–H and O–H groups in total. The number of nitrogen functional groups attached to an aromatic ring is 1. The van der Waals surface area contributed by atoms with Gasteiger partial charge in [0.1, 0.15) is 0 Å². The van der Waals surface area contributed by atoms with E-state index in [2.05, 4.69) is 19.2 Å². The van der Waals surface area contributed by atoms with E-state index in [-0.39, 0.29) is 5.78 Å². The van der Waals surface area contributed by atoms with E-state index in [0.29, 0.717) is 22.7 Å². The van der Waals surface area contributed by atoms with Crippen LogP contribution in [0.25, 0.3) is 0 Å². The first-order valence-electron chi connectivity index (χ1n) is 6.54. The number of anilines is 2. The van der Waals surface area contributed by atoms with Crippen LogP contribution in [0.15, 0.2) is 18.2 Å². The first-order chi connectivity index (χ1) is 8.37. The summed E-state index contributed by atoms with van der Waals surface area (Å²) in [5.74, 6) is 0.0149. The third kappa shape index (κ3) is 2.84. The molecule has 3 heteroatoms. The van der Waals surface area contributed by atoms with E-state index in [1.807, 2.05) is 12.1 Å². The van der Waals surface area contributed by atoms with Crippen LogP contribution in [-0.4, -0.2) is 11.8 Å². The highest BCUT2D eigenvalue weighted by molar-refractivity contribution is 5.99. The van der Waals surface area contributed by atoms with Crippen molar-refractivity contribution in [2.45, 2.75) is 46.1 Å². The minimum absolute atomic E-state index is 0.0149. The number of ketones is 1. The highest BCUT2D eigenvalue weighted by Gasteiger charge is 2.30. The Morgan fingerprint density at radius 1 is 1.44 bits per heavy atom. The van der Waals surface area contributed by atoms with Crippen LogP contribution in [0, 0.1) is 5.41 Å². The van der Waals surface area contributed by atoms with Crippen LogP contribution in [-0.2, 0) is 0 Å². The number of hydrogen-bond donors (Lipinski definition) is 2. The highest BCUT2D eigenvalue weighted by Crippen LogP contribution is 2.38. The zero-order chi connectivity index (χ0) is 13.3. The molecule has 0 aromatic heterocycles. The van der Waals surface area contributed by atoms with Crippen LogP contribution in [0.3, 0.4) is 0 Å². The lowest BCUT2D eigenvalue weighted by atomic mass is 9.92. The summed E-state index contributed by atoms with van der Waals surface area (Å²) in [7, 11) is 0. The zero-order valence-corrected chi connectivity index (χ0v) is 11.4. The van der Waals surface area contributed by atoms with Crippen molar-refractivity contribution >= 4 is 17.2 Å². The van der Waals surface area contributed by atoms with Crippen LogP contribution in [0.4, 0.5) is 11.4 Å². The average molecular weight is 246 g/mol. The van der Waals surface area contributed by atoms with Crippen molar-refractivity contribution < 1.29 is 4.79 Å². The maximum atomic E-state index is 11.3. The van der Waals surface area contributed by atoms with E-state index in [9.17, 15) is 4.79 Å². The molecule has 1 aliphatic rings. The second-order valence-corrected chi connectivity index (χ2v) is 6.11. The smallest absolute Gasteiger partial charge is 0.161 e. The van der Waals surface area contributed by atoms with Crippen molar-refractivity contribution in [3.05, 3.63) is 23.8 Å². The Labute approximate surface area is 109 Å². The number of rotatable bonds is 3. The number of nitrogens with two attached hydrogens (primary N) is 1. The predicted octanol–water partition coefficient (Wildman–Crippen LogP) is 3.46. The van der Waals surface area contributed by atoms with Gasteiger partial charge in [0.25, 0.3) is 0 Å². The van der Waals surface area contributed by atoms with Gasteiger partial charge in [0, 0.05) is 23.0 Å². The van der Waals surface area contributed by atoms with Crippen molar-refractivity contribution in [2.24, 2.45) is 5.41 Å². The Hall–Kier alpha value is -1.51. The number of nitrogens with one attached hydrogen (secondary N) is 1. The molecule has 3 nitrogen and oxygen atoms in total. The lowest BCUT2D eigenvalue weighted by Gasteiger charge is -2.19. The molecule has 1 aliphatic carbocycles. The van der Waals surface area contributed by atoms with Gasteiger partial charge >= 0.3 is 0 Å². The SMILES string of the molecule is CC(=O)c1ccc(NC2CCC(C)(C)C2)cc1N. The molecular formula is C15H22N2O. The summed E-state index contributed by atoms with van der Waals surface area (Å²) in [6.07, 6.45) is 3.63. The lowest BCUT2D eigenvalue weighted by molar-refractivity contribution is 0.101. The van der Waals surface area contributed by atoms with Gasteiger partial charge in [-0.15, -0.1) is 0 Å². The molecule has 0 amide bonds. The fourth-order valence-electron chi connectivity index (χ4n) is 2.77. The van der Waals surface area contributed by atoms with Crippen LogP contribution in [0.1, 0.15) is 50.4 Å². The largest absolute Gasteiger partial charge is 0.398 e. The standard InChI is InChI=1S/C15H22N2O/c1-10(18)13-5-4-11(8-14(13)16)17-12-6-7-15(2,3)9-12/h4-5,8,12,17H,6-7,9,16H2,1-3H3. The van der Waals surface area contributed by atoms with Crippen LogP contribution in [0.2, 0.25) is 0 Å². The Kier molecular flexibility index (Phi) is 3.33. The summed E-state index contributed by atoms with van der Waals surface area (Å²) in [5.41, 5.74) is 8.50.